The standard InChI is InChI=1S/C11H12BrN3S/c1-7-5-10(14-6-9(7)12)15-8(2)11-13-3-4-16-11/h3-6,8H,1-2H3,(H,14,15). The summed E-state index contributed by atoms with van der Waals surface area (Å²) in [6, 6.07) is 2.21. The molecule has 0 aromatic carbocycles. The van der Waals surface area contributed by atoms with Crippen molar-refractivity contribution in [2.75, 3.05) is 5.32 Å². The molecule has 0 bridgehead atoms. The smallest absolute Gasteiger partial charge is 0.126 e. The lowest BCUT2D eigenvalue weighted by molar-refractivity contribution is 0.860. The van der Waals surface area contributed by atoms with Gasteiger partial charge < -0.3 is 5.32 Å². The van der Waals surface area contributed by atoms with E-state index in [1.807, 2.05) is 30.8 Å². The lowest BCUT2D eigenvalue weighted by Crippen LogP contribution is -2.07. The Labute approximate surface area is 107 Å². The third-order valence-electron chi connectivity index (χ3n) is 2.23. The normalized spacial score (nSPS) is 12.4. The van der Waals surface area contributed by atoms with Crippen LogP contribution in [-0.2, 0) is 0 Å². The highest BCUT2D eigenvalue weighted by Crippen LogP contribution is 2.22. The van der Waals surface area contributed by atoms with Gasteiger partial charge in [0.05, 0.1) is 6.04 Å². The predicted octanol–water partition coefficient (Wildman–Crippen LogP) is 3.78. The fourth-order valence-electron chi connectivity index (χ4n) is 1.35. The summed E-state index contributed by atoms with van der Waals surface area (Å²) in [6.07, 6.45) is 3.63. The molecule has 0 fully saturated rings. The van der Waals surface area contributed by atoms with Crippen molar-refractivity contribution in [3.63, 3.8) is 0 Å². The molecule has 0 amide bonds. The van der Waals surface area contributed by atoms with Gasteiger partial charge >= 0.3 is 0 Å². The molecule has 1 N–H and O–H groups in total. The van der Waals surface area contributed by atoms with Crippen molar-refractivity contribution in [2.24, 2.45) is 0 Å². The number of halogens is 1. The summed E-state index contributed by atoms with van der Waals surface area (Å²) >= 11 is 5.08. The van der Waals surface area contributed by atoms with Crippen molar-refractivity contribution < 1.29 is 0 Å². The average Bonchev–Trinajstić information content (AvgIpc) is 2.77. The second-order valence-electron chi connectivity index (χ2n) is 3.56. The highest BCUT2D eigenvalue weighted by Gasteiger charge is 2.08. The summed E-state index contributed by atoms with van der Waals surface area (Å²) in [4.78, 5) is 8.58. The van der Waals surface area contributed by atoms with Crippen LogP contribution in [0.25, 0.3) is 0 Å². The van der Waals surface area contributed by atoms with Crippen LogP contribution in [0.2, 0.25) is 0 Å². The summed E-state index contributed by atoms with van der Waals surface area (Å²) in [6.45, 7) is 4.13. The number of rotatable bonds is 3. The number of anilines is 1. The molecule has 0 aliphatic carbocycles. The molecule has 2 aromatic rings. The van der Waals surface area contributed by atoms with E-state index in [1.54, 1.807) is 11.3 Å². The molecular weight excluding hydrogens is 286 g/mol. The lowest BCUT2D eigenvalue weighted by Gasteiger charge is -2.12. The Bertz CT molecular complexity index is 470. The van der Waals surface area contributed by atoms with Gasteiger partial charge in [-0.3, -0.25) is 0 Å². The molecule has 0 saturated heterocycles. The van der Waals surface area contributed by atoms with Crippen LogP contribution in [0.1, 0.15) is 23.5 Å². The molecule has 3 nitrogen and oxygen atoms in total. The zero-order valence-electron chi connectivity index (χ0n) is 9.07. The Hall–Kier alpha value is -0.940. The Balaban J connectivity index is 2.12. The van der Waals surface area contributed by atoms with E-state index < -0.39 is 0 Å². The molecule has 16 heavy (non-hydrogen) atoms. The van der Waals surface area contributed by atoms with Crippen molar-refractivity contribution in [1.29, 1.82) is 0 Å². The third kappa shape index (κ3) is 2.59. The second kappa shape index (κ2) is 4.93. The Morgan fingerprint density at radius 3 is 2.88 bits per heavy atom. The fraction of sp³-hybridized carbons (Fsp3) is 0.273. The first-order valence-electron chi connectivity index (χ1n) is 4.95. The molecule has 2 aromatic heterocycles. The van der Waals surface area contributed by atoms with E-state index >= 15 is 0 Å². The van der Waals surface area contributed by atoms with Gasteiger partial charge in [-0.2, -0.15) is 0 Å². The van der Waals surface area contributed by atoms with Crippen molar-refractivity contribution in [1.82, 2.24) is 9.97 Å². The van der Waals surface area contributed by atoms with Crippen LogP contribution in [0, 0.1) is 6.92 Å². The van der Waals surface area contributed by atoms with E-state index in [0.717, 1.165) is 15.3 Å². The van der Waals surface area contributed by atoms with Gasteiger partial charge in [-0.1, -0.05) is 0 Å². The maximum atomic E-state index is 4.31. The number of aromatic nitrogens is 2. The summed E-state index contributed by atoms with van der Waals surface area (Å²) in [7, 11) is 0. The average molecular weight is 298 g/mol. The maximum absolute atomic E-state index is 4.31. The fourth-order valence-corrected chi connectivity index (χ4v) is 2.21. The van der Waals surface area contributed by atoms with Gasteiger partial charge in [0.2, 0.25) is 0 Å². The van der Waals surface area contributed by atoms with Crippen LogP contribution in [0.5, 0.6) is 0 Å². The van der Waals surface area contributed by atoms with E-state index in [2.05, 4.69) is 38.1 Å². The number of hydrogen-bond acceptors (Lipinski definition) is 4. The molecule has 2 heterocycles. The first kappa shape index (κ1) is 11.5. The molecule has 0 aliphatic heterocycles. The quantitative estimate of drug-likeness (QED) is 0.937. The summed E-state index contributed by atoms with van der Waals surface area (Å²) < 4.78 is 1.03. The number of hydrogen-bond donors (Lipinski definition) is 1. The predicted molar refractivity (Wildman–Crippen MR) is 70.8 cm³/mol. The van der Waals surface area contributed by atoms with Gasteiger partial charge in [-0.15, -0.1) is 11.3 Å². The zero-order chi connectivity index (χ0) is 11.5. The minimum absolute atomic E-state index is 0.188. The number of aryl methyl sites for hydroxylation is 1. The molecule has 84 valence electrons. The van der Waals surface area contributed by atoms with Gasteiger partial charge in [-0.25, -0.2) is 9.97 Å². The van der Waals surface area contributed by atoms with Gasteiger partial charge in [0.1, 0.15) is 10.8 Å². The largest absolute Gasteiger partial charge is 0.361 e. The van der Waals surface area contributed by atoms with Crippen molar-refractivity contribution in [3.8, 4) is 0 Å². The molecule has 1 atom stereocenters. The van der Waals surface area contributed by atoms with E-state index in [0.29, 0.717) is 0 Å². The summed E-state index contributed by atoms with van der Waals surface area (Å²) in [5, 5.41) is 6.38. The van der Waals surface area contributed by atoms with E-state index in [-0.39, 0.29) is 6.04 Å². The van der Waals surface area contributed by atoms with Gasteiger partial charge in [0.15, 0.2) is 0 Å². The molecule has 1 unspecified atom stereocenters. The Morgan fingerprint density at radius 2 is 2.25 bits per heavy atom. The van der Waals surface area contributed by atoms with Gasteiger partial charge in [-0.05, 0) is 41.4 Å². The molecule has 2 rings (SSSR count). The summed E-state index contributed by atoms with van der Waals surface area (Å²) in [5.41, 5.74) is 1.17. The molecular formula is C11H12BrN3S. The van der Waals surface area contributed by atoms with Crippen LogP contribution < -0.4 is 5.32 Å². The number of nitrogens with one attached hydrogen (secondary N) is 1. The van der Waals surface area contributed by atoms with E-state index in [1.165, 1.54) is 5.56 Å². The van der Waals surface area contributed by atoms with Gasteiger partial charge in [0, 0.05) is 22.2 Å². The Kier molecular flexibility index (Phi) is 3.56. The highest BCUT2D eigenvalue weighted by atomic mass is 79.9. The molecule has 0 spiro atoms. The molecule has 0 saturated carbocycles. The molecule has 0 radical (unpaired) electrons. The highest BCUT2D eigenvalue weighted by molar-refractivity contribution is 9.10. The van der Waals surface area contributed by atoms with Crippen LogP contribution >= 0.6 is 27.3 Å². The molecule has 5 heteroatoms. The second-order valence-corrected chi connectivity index (χ2v) is 5.34. The molecule has 0 aliphatic rings. The minimum Gasteiger partial charge on any atom is -0.361 e. The van der Waals surface area contributed by atoms with Crippen molar-refractivity contribution in [3.05, 3.63) is 38.9 Å². The topological polar surface area (TPSA) is 37.8 Å². The van der Waals surface area contributed by atoms with Crippen molar-refractivity contribution in [2.45, 2.75) is 19.9 Å². The van der Waals surface area contributed by atoms with E-state index in [4.69, 9.17) is 0 Å². The lowest BCUT2D eigenvalue weighted by atomic mass is 10.3. The van der Waals surface area contributed by atoms with Crippen LogP contribution in [0.4, 0.5) is 5.82 Å². The van der Waals surface area contributed by atoms with Gasteiger partial charge in [0.25, 0.3) is 0 Å². The van der Waals surface area contributed by atoms with Crippen LogP contribution in [0.15, 0.2) is 28.3 Å². The number of thiazole rings is 1. The first-order chi connectivity index (χ1) is 7.66. The number of nitrogens with zero attached hydrogens (tertiary/aromatic N) is 2. The number of pyridine rings is 1. The zero-order valence-corrected chi connectivity index (χ0v) is 11.5. The minimum atomic E-state index is 0.188. The Morgan fingerprint density at radius 1 is 1.44 bits per heavy atom. The van der Waals surface area contributed by atoms with E-state index in [9.17, 15) is 0 Å². The van der Waals surface area contributed by atoms with Crippen LogP contribution in [-0.4, -0.2) is 9.97 Å². The first-order valence-corrected chi connectivity index (χ1v) is 6.62. The monoisotopic (exact) mass is 297 g/mol. The van der Waals surface area contributed by atoms with Crippen molar-refractivity contribution >= 4 is 33.1 Å². The maximum Gasteiger partial charge on any atom is 0.126 e. The third-order valence-corrected chi connectivity index (χ3v) is 4.02. The summed E-state index contributed by atoms with van der Waals surface area (Å²) in [5.74, 6) is 0.878. The SMILES string of the molecule is Cc1cc(NC(C)c2nccs2)ncc1Br. The van der Waals surface area contributed by atoms with Crippen LogP contribution in [0.3, 0.4) is 0 Å².